The summed E-state index contributed by atoms with van der Waals surface area (Å²) >= 11 is 4.89. The van der Waals surface area contributed by atoms with Crippen LogP contribution in [-0.2, 0) is 0 Å². The molecule has 0 spiro atoms. The summed E-state index contributed by atoms with van der Waals surface area (Å²) in [7, 11) is 0. The number of benzene rings is 1. The molecule has 0 saturated heterocycles. The van der Waals surface area contributed by atoms with Crippen LogP contribution in [0.2, 0.25) is 0 Å². The predicted octanol–water partition coefficient (Wildman–Crippen LogP) is 1.48. The van der Waals surface area contributed by atoms with Gasteiger partial charge in [0.15, 0.2) is 11.5 Å². The molecular weight excluding hydrogens is 264 g/mol. The molecule has 4 N–H and O–H groups in total. The van der Waals surface area contributed by atoms with Gasteiger partial charge in [-0.2, -0.15) is 0 Å². The summed E-state index contributed by atoms with van der Waals surface area (Å²) < 4.78 is 0. The fraction of sp³-hybridized carbons (Fsp3) is 0.385. The molecule has 0 bridgehead atoms. The Labute approximate surface area is 117 Å². The lowest BCUT2D eigenvalue weighted by Crippen LogP contribution is -2.38. The second-order valence-corrected chi connectivity index (χ2v) is 4.82. The molecule has 1 atom stereocenters. The number of amides is 1. The van der Waals surface area contributed by atoms with Gasteiger partial charge in [-0.25, -0.2) is 0 Å². The van der Waals surface area contributed by atoms with Crippen molar-refractivity contribution in [2.45, 2.75) is 13.8 Å². The third kappa shape index (κ3) is 3.82. The SMILES string of the molecule is CCN(CC(C)C(N)=S)C(=O)c1ccc(O)c(O)c1. The lowest BCUT2D eigenvalue weighted by molar-refractivity contribution is 0.0754. The topological polar surface area (TPSA) is 86.8 Å². The van der Waals surface area contributed by atoms with E-state index < -0.39 is 0 Å². The minimum atomic E-state index is -0.315. The van der Waals surface area contributed by atoms with Crippen LogP contribution in [0, 0.1) is 5.92 Å². The summed E-state index contributed by atoms with van der Waals surface area (Å²) in [4.78, 5) is 14.2. The van der Waals surface area contributed by atoms with E-state index >= 15 is 0 Å². The first-order valence-corrected chi connectivity index (χ1v) is 6.38. The zero-order valence-electron chi connectivity index (χ0n) is 11.0. The normalized spacial score (nSPS) is 11.9. The van der Waals surface area contributed by atoms with Gasteiger partial charge in [0.1, 0.15) is 0 Å². The molecule has 0 heterocycles. The van der Waals surface area contributed by atoms with Gasteiger partial charge in [0.05, 0.1) is 4.99 Å². The van der Waals surface area contributed by atoms with Crippen molar-refractivity contribution in [3.63, 3.8) is 0 Å². The van der Waals surface area contributed by atoms with Gasteiger partial charge in [-0.3, -0.25) is 4.79 Å². The zero-order chi connectivity index (χ0) is 14.6. The molecule has 1 aromatic carbocycles. The maximum atomic E-state index is 12.2. The van der Waals surface area contributed by atoms with E-state index in [-0.39, 0.29) is 23.3 Å². The summed E-state index contributed by atoms with van der Waals surface area (Å²) in [5.74, 6) is -0.883. The second kappa shape index (κ2) is 6.38. The largest absolute Gasteiger partial charge is 0.504 e. The molecule has 0 radical (unpaired) electrons. The predicted molar refractivity (Wildman–Crippen MR) is 77.3 cm³/mol. The van der Waals surface area contributed by atoms with Gasteiger partial charge in [-0.15, -0.1) is 0 Å². The highest BCUT2D eigenvalue weighted by Gasteiger charge is 2.18. The minimum absolute atomic E-state index is 0.0791. The monoisotopic (exact) mass is 282 g/mol. The Bertz CT molecular complexity index is 491. The van der Waals surface area contributed by atoms with Crippen molar-refractivity contribution in [3.05, 3.63) is 23.8 Å². The standard InChI is InChI=1S/C13H18N2O3S/c1-3-15(7-8(2)12(14)19)13(18)9-4-5-10(16)11(17)6-9/h4-6,8,16-17H,3,7H2,1-2H3,(H2,14,19). The Morgan fingerprint density at radius 1 is 1.42 bits per heavy atom. The Morgan fingerprint density at radius 3 is 2.53 bits per heavy atom. The quantitative estimate of drug-likeness (QED) is 0.562. The van der Waals surface area contributed by atoms with Gasteiger partial charge in [-0.05, 0) is 25.1 Å². The highest BCUT2D eigenvalue weighted by molar-refractivity contribution is 7.80. The fourth-order valence-corrected chi connectivity index (χ4v) is 1.69. The maximum Gasteiger partial charge on any atom is 0.254 e. The van der Waals surface area contributed by atoms with Gasteiger partial charge in [0.2, 0.25) is 0 Å². The lowest BCUT2D eigenvalue weighted by atomic mass is 10.1. The molecule has 5 nitrogen and oxygen atoms in total. The molecule has 1 amide bonds. The number of nitrogens with zero attached hydrogens (tertiary/aromatic N) is 1. The van der Waals surface area contributed by atoms with E-state index in [1.54, 1.807) is 4.90 Å². The van der Waals surface area contributed by atoms with E-state index in [2.05, 4.69) is 0 Å². The van der Waals surface area contributed by atoms with Gasteiger partial charge < -0.3 is 20.8 Å². The molecule has 0 aliphatic heterocycles. The van der Waals surface area contributed by atoms with Crippen molar-refractivity contribution in [2.75, 3.05) is 13.1 Å². The fourth-order valence-electron chi connectivity index (χ4n) is 1.62. The third-order valence-electron chi connectivity index (χ3n) is 2.87. The first-order valence-electron chi connectivity index (χ1n) is 5.97. The van der Waals surface area contributed by atoms with Crippen LogP contribution in [-0.4, -0.2) is 39.1 Å². The van der Waals surface area contributed by atoms with E-state index in [1.807, 2.05) is 13.8 Å². The highest BCUT2D eigenvalue weighted by Crippen LogP contribution is 2.25. The van der Waals surface area contributed by atoms with Crippen molar-refractivity contribution in [1.29, 1.82) is 0 Å². The van der Waals surface area contributed by atoms with Crippen molar-refractivity contribution in [3.8, 4) is 11.5 Å². The number of carbonyl (C=O) groups excluding carboxylic acids is 1. The van der Waals surface area contributed by atoms with Crippen molar-refractivity contribution >= 4 is 23.1 Å². The first-order chi connectivity index (χ1) is 8.86. The minimum Gasteiger partial charge on any atom is -0.504 e. The highest BCUT2D eigenvalue weighted by atomic mass is 32.1. The number of rotatable bonds is 5. The van der Waals surface area contributed by atoms with Crippen molar-refractivity contribution in [1.82, 2.24) is 4.90 Å². The van der Waals surface area contributed by atoms with Gasteiger partial charge in [-0.1, -0.05) is 19.1 Å². The number of carbonyl (C=O) groups is 1. The molecule has 0 fully saturated rings. The van der Waals surface area contributed by atoms with Crippen LogP contribution in [0.15, 0.2) is 18.2 Å². The van der Waals surface area contributed by atoms with Crippen molar-refractivity contribution in [2.24, 2.45) is 11.7 Å². The number of thiocarbonyl (C=S) groups is 1. The number of hydrogen-bond donors (Lipinski definition) is 3. The van der Waals surface area contributed by atoms with Gasteiger partial charge in [0.25, 0.3) is 5.91 Å². The van der Waals surface area contributed by atoms with Crippen LogP contribution in [0.5, 0.6) is 11.5 Å². The summed E-state index contributed by atoms with van der Waals surface area (Å²) in [5.41, 5.74) is 5.85. The molecule has 0 aliphatic rings. The maximum absolute atomic E-state index is 12.2. The Hall–Kier alpha value is -1.82. The van der Waals surface area contributed by atoms with Crippen LogP contribution >= 0.6 is 12.2 Å². The molecule has 1 unspecified atom stereocenters. The first kappa shape index (κ1) is 15.2. The molecule has 1 rings (SSSR count). The number of phenols is 2. The van der Waals surface area contributed by atoms with Gasteiger partial charge in [0, 0.05) is 24.6 Å². The Balaban J connectivity index is 2.89. The average molecular weight is 282 g/mol. The van der Waals surface area contributed by atoms with Crippen LogP contribution in [0.25, 0.3) is 0 Å². The van der Waals surface area contributed by atoms with Crippen LogP contribution in [0.3, 0.4) is 0 Å². The smallest absolute Gasteiger partial charge is 0.254 e. The van der Waals surface area contributed by atoms with E-state index in [9.17, 15) is 15.0 Å². The number of phenolic OH excluding ortho intramolecular Hbond substituents is 2. The summed E-state index contributed by atoms with van der Waals surface area (Å²) in [6.45, 7) is 4.64. The zero-order valence-corrected chi connectivity index (χ0v) is 11.8. The van der Waals surface area contributed by atoms with Crippen LogP contribution < -0.4 is 5.73 Å². The summed E-state index contributed by atoms with van der Waals surface area (Å²) in [6, 6.07) is 3.99. The molecular formula is C13H18N2O3S. The molecule has 19 heavy (non-hydrogen) atoms. The van der Waals surface area contributed by atoms with E-state index in [4.69, 9.17) is 18.0 Å². The average Bonchev–Trinajstić information content (AvgIpc) is 2.37. The molecule has 104 valence electrons. The van der Waals surface area contributed by atoms with Gasteiger partial charge >= 0.3 is 0 Å². The Morgan fingerprint density at radius 2 is 2.05 bits per heavy atom. The second-order valence-electron chi connectivity index (χ2n) is 4.35. The number of hydrogen-bond acceptors (Lipinski definition) is 4. The molecule has 6 heteroatoms. The molecule has 0 aliphatic carbocycles. The van der Waals surface area contributed by atoms with Crippen LogP contribution in [0.1, 0.15) is 24.2 Å². The number of aromatic hydroxyl groups is 2. The van der Waals surface area contributed by atoms with E-state index in [1.165, 1.54) is 18.2 Å². The molecule has 1 aromatic rings. The third-order valence-corrected chi connectivity index (χ3v) is 3.27. The molecule has 0 aromatic heterocycles. The van der Waals surface area contributed by atoms with E-state index in [0.717, 1.165) is 0 Å². The Kier molecular flexibility index (Phi) is 5.11. The summed E-state index contributed by atoms with van der Waals surface area (Å²) in [6.07, 6.45) is 0. The van der Waals surface area contributed by atoms with Crippen molar-refractivity contribution < 1.29 is 15.0 Å². The number of nitrogens with two attached hydrogens (primary N) is 1. The van der Waals surface area contributed by atoms with Crippen LogP contribution in [0.4, 0.5) is 0 Å². The lowest BCUT2D eigenvalue weighted by Gasteiger charge is -2.24. The van der Waals surface area contributed by atoms with E-state index in [0.29, 0.717) is 23.6 Å². The molecule has 0 saturated carbocycles. The summed E-state index contributed by atoms with van der Waals surface area (Å²) in [5, 5.41) is 18.6.